The molecule has 23 heavy (non-hydrogen) atoms. The number of rotatable bonds is 1. The maximum Gasteiger partial charge on any atom is 0.434 e. The van der Waals surface area contributed by atoms with E-state index in [0.717, 1.165) is 75.0 Å². The quantitative estimate of drug-likeness (QED) is 0.843. The smallest absolute Gasteiger partial charge is 0.393 e. The molecular weight excluding hydrogens is 327 g/mol. The second-order valence-corrected chi connectivity index (χ2v) is 6.93. The highest BCUT2D eigenvalue weighted by Gasteiger charge is 2.34. The first-order valence-corrected chi connectivity index (χ1v) is 8.88. The van der Waals surface area contributed by atoms with Gasteiger partial charge in [0, 0.05) is 31.6 Å². The van der Waals surface area contributed by atoms with E-state index in [4.69, 9.17) is 5.11 Å². The predicted octanol–water partition coefficient (Wildman–Crippen LogP) is 3.23. The van der Waals surface area contributed by atoms with Crippen molar-refractivity contribution in [3.8, 4) is 0 Å². The van der Waals surface area contributed by atoms with Crippen molar-refractivity contribution in [2.45, 2.75) is 44.4 Å². The standard InChI is InChI=1S/C9H11F3N2S.C6H13NO/c10-9(11,12)7-6-15-8(13-7)14-4-2-1-3-5-14;1-7-4-2-6(8)3-5-7/h6H,1-5H2;6,8H,2-5H2,1H3. The van der Waals surface area contributed by atoms with Gasteiger partial charge in [0.05, 0.1) is 6.10 Å². The van der Waals surface area contributed by atoms with Gasteiger partial charge >= 0.3 is 6.18 Å². The molecule has 3 rings (SSSR count). The summed E-state index contributed by atoms with van der Waals surface area (Å²) >= 11 is 1.08. The van der Waals surface area contributed by atoms with E-state index in [-0.39, 0.29) is 6.10 Å². The van der Waals surface area contributed by atoms with Crippen molar-refractivity contribution in [2.75, 3.05) is 38.1 Å². The molecule has 1 aromatic rings. The Morgan fingerprint density at radius 2 is 1.74 bits per heavy atom. The molecule has 0 atom stereocenters. The summed E-state index contributed by atoms with van der Waals surface area (Å²) in [6.07, 6.45) is 0.819. The molecule has 3 heterocycles. The molecule has 0 aromatic carbocycles. The molecule has 2 fully saturated rings. The maximum atomic E-state index is 12.3. The fourth-order valence-corrected chi connectivity index (χ4v) is 3.51. The van der Waals surface area contributed by atoms with Crippen molar-refractivity contribution in [3.05, 3.63) is 11.1 Å². The van der Waals surface area contributed by atoms with E-state index in [2.05, 4.69) is 16.9 Å². The van der Waals surface area contributed by atoms with E-state index in [1.165, 1.54) is 0 Å². The SMILES string of the molecule is CN1CCC(O)CC1.FC(F)(F)c1csc(N2CCCCC2)n1. The number of likely N-dealkylation sites (tertiary alicyclic amines) is 1. The molecule has 0 unspecified atom stereocenters. The minimum atomic E-state index is -4.31. The van der Waals surface area contributed by atoms with Gasteiger partial charge in [0.15, 0.2) is 10.8 Å². The van der Waals surface area contributed by atoms with Crippen LogP contribution in [0.2, 0.25) is 0 Å². The average molecular weight is 351 g/mol. The van der Waals surface area contributed by atoms with Crippen LogP contribution < -0.4 is 4.90 Å². The first kappa shape index (κ1) is 18.5. The number of alkyl halides is 3. The van der Waals surface area contributed by atoms with Gasteiger partial charge in [-0.15, -0.1) is 11.3 Å². The molecule has 0 aliphatic carbocycles. The highest BCUT2D eigenvalue weighted by Crippen LogP contribution is 2.33. The lowest BCUT2D eigenvalue weighted by molar-refractivity contribution is -0.140. The number of anilines is 1. The Hall–Kier alpha value is -0.860. The topological polar surface area (TPSA) is 39.6 Å². The second-order valence-electron chi connectivity index (χ2n) is 6.10. The van der Waals surface area contributed by atoms with E-state index in [0.29, 0.717) is 5.13 Å². The largest absolute Gasteiger partial charge is 0.434 e. The highest BCUT2D eigenvalue weighted by atomic mass is 32.1. The summed E-state index contributed by atoms with van der Waals surface area (Å²) in [6, 6.07) is 0. The van der Waals surface area contributed by atoms with Gasteiger partial charge < -0.3 is 14.9 Å². The Bertz CT molecular complexity index is 457. The van der Waals surface area contributed by atoms with Crippen LogP contribution in [-0.2, 0) is 6.18 Å². The Morgan fingerprint density at radius 3 is 2.22 bits per heavy atom. The molecule has 0 spiro atoms. The van der Waals surface area contributed by atoms with Crippen LogP contribution in [0.1, 0.15) is 37.8 Å². The first-order valence-electron chi connectivity index (χ1n) is 8.00. The Morgan fingerprint density at radius 1 is 1.13 bits per heavy atom. The molecule has 0 amide bonds. The summed E-state index contributed by atoms with van der Waals surface area (Å²) in [4.78, 5) is 7.80. The van der Waals surface area contributed by atoms with Gasteiger partial charge in [-0.2, -0.15) is 13.2 Å². The average Bonchev–Trinajstić information content (AvgIpc) is 3.02. The minimum Gasteiger partial charge on any atom is -0.393 e. The molecule has 0 radical (unpaired) electrons. The normalized spacial score (nSPS) is 21.0. The lowest BCUT2D eigenvalue weighted by atomic mass is 10.1. The number of hydrogen-bond acceptors (Lipinski definition) is 5. The molecule has 2 aliphatic rings. The number of aliphatic hydroxyl groups is 1. The number of halogens is 3. The summed E-state index contributed by atoms with van der Waals surface area (Å²) in [7, 11) is 2.09. The molecule has 0 saturated carbocycles. The van der Waals surface area contributed by atoms with Crippen molar-refractivity contribution in [3.63, 3.8) is 0 Å². The Labute approximate surface area is 138 Å². The summed E-state index contributed by atoms with van der Waals surface area (Å²) in [5.74, 6) is 0. The van der Waals surface area contributed by atoms with Crippen molar-refractivity contribution in [2.24, 2.45) is 0 Å². The fraction of sp³-hybridized carbons (Fsp3) is 0.800. The second kappa shape index (κ2) is 8.30. The van der Waals surface area contributed by atoms with Crippen LogP contribution in [-0.4, -0.2) is 54.3 Å². The van der Waals surface area contributed by atoms with Crippen molar-refractivity contribution < 1.29 is 18.3 Å². The van der Waals surface area contributed by atoms with E-state index in [9.17, 15) is 13.2 Å². The zero-order valence-electron chi connectivity index (χ0n) is 13.3. The number of aromatic nitrogens is 1. The maximum absolute atomic E-state index is 12.3. The third kappa shape index (κ3) is 5.93. The van der Waals surface area contributed by atoms with Crippen LogP contribution >= 0.6 is 11.3 Å². The molecular formula is C15H24F3N3OS. The first-order chi connectivity index (χ1) is 10.9. The fourth-order valence-electron chi connectivity index (χ4n) is 2.62. The number of hydrogen-bond donors (Lipinski definition) is 1. The lowest BCUT2D eigenvalue weighted by Crippen LogP contribution is -2.32. The highest BCUT2D eigenvalue weighted by molar-refractivity contribution is 7.13. The van der Waals surface area contributed by atoms with Gasteiger partial charge in [-0.05, 0) is 39.2 Å². The number of thiazole rings is 1. The Balaban J connectivity index is 0.000000203. The molecule has 1 N–H and O–H groups in total. The predicted molar refractivity (Wildman–Crippen MR) is 85.9 cm³/mol. The van der Waals surface area contributed by atoms with Crippen molar-refractivity contribution in [1.29, 1.82) is 0 Å². The van der Waals surface area contributed by atoms with Gasteiger partial charge in [-0.3, -0.25) is 0 Å². The molecule has 132 valence electrons. The van der Waals surface area contributed by atoms with E-state index in [1.54, 1.807) is 0 Å². The van der Waals surface area contributed by atoms with Crippen LogP contribution in [0.25, 0.3) is 0 Å². The summed E-state index contributed by atoms with van der Waals surface area (Å²) in [5, 5.41) is 10.6. The van der Waals surface area contributed by atoms with Crippen molar-refractivity contribution >= 4 is 16.5 Å². The van der Waals surface area contributed by atoms with Crippen LogP contribution in [0.3, 0.4) is 0 Å². The van der Waals surface area contributed by atoms with Crippen LogP contribution in [0.4, 0.5) is 18.3 Å². The third-order valence-electron chi connectivity index (χ3n) is 4.10. The van der Waals surface area contributed by atoms with Crippen LogP contribution in [0, 0.1) is 0 Å². The molecule has 2 aliphatic heterocycles. The van der Waals surface area contributed by atoms with Gasteiger partial charge in [0.25, 0.3) is 0 Å². The Kier molecular flexibility index (Phi) is 6.67. The third-order valence-corrected chi connectivity index (χ3v) is 5.00. The molecule has 8 heteroatoms. The number of aliphatic hydroxyl groups excluding tert-OH is 1. The monoisotopic (exact) mass is 351 g/mol. The van der Waals surface area contributed by atoms with E-state index in [1.807, 2.05) is 4.90 Å². The zero-order chi connectivity index (χ0) is 16.9. The van der Waals surface area contributed by atoms with Gasteiger partial charge in [0.2, 0.25) is 0 Å². The van der Waals surface area contributed by atoms with E-state index < -0.39 is 11.9 Å². The zero-order valence-corrected chi connectivity index (χ0v) is 14.2. The summed E-state index contributed by atoms with van der Waals surface area (Å²) in [5.41, 5.74) is -0.770. The minimum absolute atomic E-state index is 0.0220. The lowest BCUT2D eigenvalue weighted by Gasteiger charge is -2.25. The van der Waals surface area contributed by atoms with Crippen LogP contribution in [0.5, 0.6) is 0 Å². The van der Waals surface area contributed by atoms with Gasteiger partial charge in [0.1, 0.15) is 0 Å². The van der Waals surface area contributed by atoms with Gasteiger partial charge in [-0.1, -0.05) is 0 Å². The number of piperidine rings is 2. The van der Waals surface area contributed by atoms with E-state index >= 15 is 0 Å². The van der Waals surface area contributed by atoms with Gasteiger partial charge in [-0.25, -0.2) is 4.98 Å². The van der Waals surface area contributed by atoms with Crippen molar-refractivity contribution in [1.82, 2.24) is 9.88 Å². The summed E-state index contributed by atoms with van der Waals surface area (Å²) < 4.78 is 36.9. The van der Waals surface area contributed by atoms with Crippen LogP contribution in [0.15, 0.2) is 5.38 Å². The molecule has 2 saturated heterocycles. The molecule has 1 aromatic heterocycles. The molecule has 0 bridgehead atoms. The summed E-state index contributed by atoms with van der Waals surface area (Å²) in [6.45, 7) is 3.76. The number of nitrogens with zero attached hydrogens (tertiary/aromatic N) is 3. The molecule has 4 nitrogen and oxygen atoms in total.